The highest BCUT2D eigenvalue weighted by Crippen LogP contribution is 2.39. The molecule has 0 aliphatic rings. The Morgan fingerprint density at radius 3 is 2.62 bits per heavy atom. The molecule has 2 heterocycles. The van der Waals surface area contributed by atoms with E-state index in [1.807, 2.05) is 55.5 Å². The Balaban J connectivity index is 2.18. The molecule has 0 atom stereocenters. The molecule has 7 nitrogen and oxygen atoms in total. The van der Waals surface area contributed by atoms with E-state index in [1.54, 1.807) is 32.5 Å². The summed E-state index contributed by atoms with van der Waals surface area (Å²) in [4.78, 5) is 32.3. The van der Waals surface area contributed by atoms with Gasteiger partial charge in [-0.15, -0.1) is 0 Å². The highest BCUT2D eigenvalue weighted by atomic mass is 16.5. The number of fused-ring (bicyclic) bond motifs is 1. The molecule has 2 aromatic heterocycles. The molecule has 0 saturated carbocycles. The van der Waals surface area contributed by atoms with E-state index in [4.69, 9.17) is 10.5 Å². The van der Waals surface area contributed by atoms with E-state index >= 15 is 0 Å². The molecule has 0 unspecified atom stereocenters. The van der Waals surface area contributed by atoms with Gasteiger partial charge in [-0.25, -0.2) is 9.78 Å². The van der Waals surface area contributed by atoms with Gasteiger partial charge < -0.3 is 10.5 Å². The topological polar surface area (TPSA) is 90.4 Å². The van der Waals surface area contributed by atoms with Crippen molar-refractivity contribution < 1.29 is 9.53 Å². The number of nitrogens with two attached hydrogens (primary N) is 1. The summed E-state index contributed by atoms with van der Waals surface area (Å²) in [6.45, 7) is 1.99. The normalized spacial score (nSPS) is 10.8. The number of para-hydroxylation sites is 1. The molecular formula is C25H24N4O3. The number of anilines is 2. The quantitative estimate of drug-likeness (QED) is 0.510. The van der Waals surface area contributed by atoms with Crippen LogP contribution in [0.3, 0.4) is 0 Å². The molecule has 4 aromatic rings. The van der Waals surface area contributed by atoms with Crippen LogP contribution in [0.25, 0.3) is 22.2 Å². The summed E-state index contributed by atoms with van der Waals surface area (Å²) >= 11 is 0. The molecule has 0 radical (unpaired) electrons. The molecule has 2 N–H and O–H groups in total. The number of benzene rings is 2. The van der Waals surface area contributed by atoms with Crippen molar-refractivity contribution in [2.24, 2.45) is 12.8 Å². The van der Waals surface area contributed by atoms with E-state index < -0.39 is 6.03 Å². The number of aromatic nitrogens is 2. The molecule has 2 aromatic carbocycles. The van der Waals surface area contributed by atoms with Crippen LogP contribution >= 0.6 is 0 Å². The summed E-state index contributed by atoms with van der Waals surface area (Å²) < 4.78 is 6.85. The summed E-state index contributed by atoms with van der Waals surface area (Å²) in [5, 5.41) is 0.720. The third kappa shape index (κ3) is 3.47. The predicted octanol–water partition coefficient (Wildman–Crippen LogP) is 4.39. The minimum atomic E-state index is -0.740. The third-order valence-electron chi connectivity index (χ3n) is 5.53. The summed E-state index contributed by atoms with van der Waals surface area (Å²) in [5.74, 6) is 0.630. The summed E-state index contributed by atoms with van der Waals surface area (Å²) in [6, 6.07) is 17.7. The molecule has 7 heteroatoms. The minimum Gasteiger partial charge on any atom is -0.497 e. The van der Waals surface area contributed by atoms with Crippen molar-refractivity contribution in [1.29, 1.82) is 0 Å². The largest absolute Gasteiger partial charge is 0.497 e. The Bertz CT molecular complexity index is 1380. The van der Waals surface area contributed by atoms with E-state index in [0.717, 1.165) is 16.5 Å². The van der Waals surface area contributed by atoms with Crippen LogP contribution in [0.15, 0.2) is 71.7 Å². The summed E-state index contributed by atoms with van der Waals surface area (Å²) in [7, 11) is 3.22. The van der Waals surface area contributed by atoms with Gasteiger partial charge in [0.15, 0.2) is 0 Å². The number of ether oxygens (including phenoxy) is 1. The Kier molecular flexibility index (Phi) is 5.64. The first-order valence-corrected chi connectivity index (χ1v) is 10.3. The fourth-order valence-corrected chi connectivity index (χ4v) is 4.00. The minimum absolute atomic E-state index is 0.176. The molecule has 4 rings (SSSR count). The predicted molar refractivity (Wildman–Crippen MR) is 127 cm³/mol. The average Bonchev–Trinajstić information content (AvgIpc) is 2.82. The second-order valence-corrected chi connectivity index (χ2v) is 7.35. The number of hydrogen-bond acceptors (Lipinski definition) is 4. The van der Waals surface area contributed by atoms with E-state index in [1.165, 1.54) is 9.47 Å². The van der Waals surface area contributed by atoms with Crippen LogP contribution in [-0.4, -0.2) is 22.7 Å². The molecular weight excluding hydrogens is 404 g/mol. The van der Waals surface area contributed by atoms with Crippen LogP contribution in [0.4, 0.5) is 16.2 Å². The lowest BCUT2D eigenvalue weighted by atomic mass is 9.98. The number of amides is 2. The van der Waals surface area contributed by atoms with E-state index in [-0.39, 0.29) is 11.2 Å². The van der Waals surface area contributed by atoms with Crippen molar-refractivity contribution in [3.63, 3.8) is 0 Å². The van der Waals surface area contributed by atoms with Crippen LogP contribution in [-0.2, 0) is 13.5 Å². The van der Waals surface area contributed by atoms with Gasteiger partial charge in [0.25, 0.3) is 5.56 Å². The number of hydrogen-bond donors (Lipinski definition) is 1. The van der Waals surface area contributed by atoms with Crippen LogP contribution < -0.4 is 20.9 Å². The second kappa shape index (κ2) is 8.55. The number of urea groups is 1. The van der Waals surface area contributed by atoms with Crippen LogP contribution in [0.2, 0.25) is 0 Å². The highest BCUT2D eigenvalue weighted by Gasteiger charge is 2.28. The van der Waals surface area contributed by atoms with E-state index in [9.17, 15) is 9.59 Å². The maximum atomic E-state index is 13.7. The first kappa shape index (κ1) is 21.1. The summed E-state index contributed by atoms with van der Waals surface area (Å²) in [5.41, 5.74) is 8.96. The molecule has 0 aliphatic carbocycles. The van der Waals surface area contributed by atoms with Gasteiger partial charge in [-0.3, -0.25) is 14.3 Å². The molecule has 32 heavy (non-hydrogen) atoms. The van der Waals surface area contributed by atoms with Crippen molar-refractivity contribution in [3.8, 4) is 16.9 Å². The number of primary amides is 1. The number of methoxy groups -OCH3 is 1. The molecule has 0 saturated heterocycles. The molecule has 0 bridgehead atoms. The molecule has 0 fully saturated rings. The van der Waals surface area contributed by atoms with Gasteiger partial charge in [0.05, 0.1) is 12.8 Å². The fraction of sp³-hybridized carbons (Fsp3) is 0.160. The molecule has 0 spiro atoms. The number of carbonyl (C=O) groups is 1. The number of carbonyl (C=O) groups excluding carboxylic acids is 1. The zero-order chi connectivity index (χ0) is 22.8. The van der Waals surface area contributed by atoms with Crippen LogP contribution in [0, 0.1) is 0 Å². The van der Waals surface area contributed by atoms with Crippen molar-refractivity contribution in [2.75, 3.05) is 12.0 Å². The van der Waals surface area contributed by atoms with Crippen molar-refractivity contribution in [2.45, 2.75) is 13.3 Å². The second-order valence-electron chi connectivity index (χ2n) is 7.35. The zero-order valence-electron chi connectivity index (χ0n) is 18.2. The van der Waals surface area contributed by atoms with Crippen molar-refractivity contribution >= 4 is 28.4 Å². The van der Waals surface area contributed by atoms with Gasteiger partial charge in [0, 0.05) is 24.2 Å². The SMILES string of the molecule is CCc1ccccc1N(C(N)=O)c1c(-c2cccc(OC)c2)c2cccnc2n(C)c1=O. The maximum absolute atomic E-state index is 13.7. The Morgan fingerprint density at radius 2 is 1.91 bits per heavy atom. The van der Waals surface area contributed by atoms with Gasteiger partial charge in [0.1, 0.15) is 17.1 Å². The van der Waals surface area contributed by atoms with Crippen LogP contribution in [0.5, 0.6) is 5.75 Å². The van der Waals surface area contributed by atoms with Gasteiger partial charge in [-0.1, -0.05) is 37.3 Å². The first-order chi connectivity index (χ1) is 15.5. The Morgan fingerprint density at radius 1 is 1.12 bits per heavy atom. The lowest BCUT2D eigenvalue weighted by Gasteiger charge is -2.26. The lowest BCUT2D eigenvalue weighted by molar-refractivity contribution is 0.256. The van der Waals surface area contributed by atoms with Crippen LogP contribution in [0.1, 0.15) is 12.5 Å². The fourth-order valence-electron chi connectivity index (χ4n) is 4.00. The van der Waals surface area contributed by atoms with Gasteiger partial charge in [0.2, 0.25) is 0 Å². The van der Waals surface area contributed by atoms with Gasteiger partial charge in [-0.05, 0) is 47.9 Å². The standard InChI is InChI=1S/C25H24N4O3/c1-4-16-9-5-6-13-20(16)29(25(26)31)22-21(17-10-7-11-18(15-17)32-3)19-12-8-14-27-23(19)28(2)24(22)30/h5-15H,4H2,1-3H3,(H2,26,31). The zero-order valence-corrected chi connectivity index (χ0v) is 18.2. The first-order valence-electron chi connectivity index (χ1n) is 10.3. The lowest BCUT2D eigenvalue weighted by Crippen LogP contribution is -2.38. The van der Waals surface area contributed by atoms with E-state index in [0.29, 0.717) is 29.1 Å². The monoisotopic (exact) mass is 428 g/mol. The number of nitrogens with zero attached hydrogens (tertiary/aromatic N) is 3. The molecule has 162 valence electrons. The Hall–Kier alpha value is -4.13. The van der Waals surface area contributed by atoms with Gasteiger partial charge >= 0.3 is 6.03 Å². The average molecular weight is 428 g/mol. The number of aryl methyl sites for hydroxylation is 2. The highest BCUT2D eigenvalue weighted by molar-refractivity contribution is 6.08. The maximum Gasteiger partial charge on any atom is 0.324 e. The summed E-state index contributed by atoms with van der Waals surface area (Å²) in [6.07, 6.45) is 2.30. The number of rotatable bonds is 5. The van der Waals surface area contributed by atoms with Crippen molar-refractivity contribution in [1.82, 2.24) is 9.55 Å². The molecule has 0 aliphatic heterocycles. The van der Waals surface area contributed by atoms with E-state index in [2.05, 4.69) is 4.98 Å². The molecule has 2 amide bonds. The smallest absolute Gasteiger partial charge is 0.324 e. The Labute approximate surface area is 185 Å². The van der Waals surface area contributed by atoms with Gasteiger partial charge in [-0.2, -0.15) is 0 Å². The van der Waals surface area contributed by atoms with Crippen molar-refractivity contribution in [3.05, 3.63) is 82.8 Å². The number of pyridine rings is 2. The third-order valence-corrected chi connectivity index (χ3v) is 5.53.